The minimum Gasteiger partial charge on any atom is -0.490 e. The number of likely N-dealkylation sites (N-methyl/N-ethyl adjacent to an activating group) is 1. The maximum atomic E-state index is 13.6. The molecule has 0 unspecified atom stereocenters. The maximum Gasteiger partial charge on any atom is 0.329 e. The summed E-state index contributed by atoms with van der Waals surface area (Å²) >= 11 is 6.24. The quantitative estimate of drug-likeness (QED) is 0.323. The highest BCUT2D eigenvalue weighted by molar-refractivity contribution is 6.35. The molecule has 31 heavy (non-hydrogen) atoms. The van der Waals surface area contributed by atoms with Crippen molar-refractivity contribution in [1.29, 1.82) is 0 Å². The summed E-state index contributed by atoms with van der Waals surface area (Å²) in [5, 5.41) is 8.35. The molecule has 0 heterocycles. The van der Waals surface area contributed by atoms with E-state index in [0.717, 1.165) is 0 Å². The van der Waals surface area contributed by atoms with Crippen LogP contribution in [0.25, 0.3) is 0 Å². The van der Waals surface area contributed by atoms with E-state index in [4.69, 9.17) is 21.1 Å². The molecule has 2 aromatic carbocycles. The van der Waals surface area contributed by atoms with E-state index in [1.807, 2.05) is 0 Å². The van der Waals surface area contributed by atoms with Crippen molar-refractivity contribution < 1.29 is 28.2 Å². The molecule has 3 N–H and O–H groups in total. The molecule has 2 aromatic rings. The van der Waals surface area contributed by atoms with Gasteiger partial charge in [-0.05, 0) is 36.8 Å². The van der Waals surface area contributed by atoms with Crippen molar-refractivity contribution in [2.45, 2.75) is 6.92 Å². The number of benzene rings is 2. The van der Waals surface area contributed by atoms with Gasteiger partial charge in [-0.15, -0.1) is 0 Å². The van der Waals surface area contributed by atoms with Crippen molar-refractivity contribution in [2.24, 2.45) is 5.10 Å². The van der Waals surface area contributed by atoms with Crippen LogP contribution in [0, 0.1) is 5.82 Å². The Morgan fingerprint density at radius 2 is 1.90 bits per heavy atom. The first-order chi connectivity index (χ1) is 14.8. The summed E-state index contributed by atoms with van der Waals surface area (Å²) in [6.07, 6.45) is 1.25. The minimum absolute atomic E-state index is 0.0255. The third kappa shape index (κ3) is 6.96. The number of hydrogen-bond donors (Lipinski definition) is 3. The van der Waals surface area contributed by atoms with Crippen LogP contribution in [0.5, 0.6) is 11.5 Å². The highest BCUT2D eigenvalue weighted by atomic mass is 35.5. The number of carbonyl (C=O) groups excluding carboxylic acids is 3. The molecule has 164 valence electrons. The van der Waals surface area contributed by atoms with Gasteiger partial charge in [0.05, 0.1) is 23.5 Å². The monoisotopic (exact) mass is 450 g/mol. The number of para-hydroxylation sites is 1. The normalized spacial score (nSPS) is 10.5. The summed E-state index contributed by atoms with van der Waals surface area (Å²) in [6.45, 7) is 1.58. The van der Waals surface area contributed by atoms with Gasteiger partial charge >= 0.3 is 11.8 Å². The molecule has 0 aromatic heterocycles. The molecule has 0 radical (unpaired) electrons. The van der Waals surface area contributed by atoms with Gasteiger partial charge in [0, 0.05) is 7.05 Å². The van der Waals surface area contributed by atoms with E-state index in [1.165, 1.54) is 43.6 Å². The third-order valence-electron chi connectivity index (χ3n) is 3.64. The fraction of sp³-hybridized carbons (Fsp3) is 0.200. The van der Waals surface area contributed by atoms with Crippen LogP contribution in [-0.4, -0.2) is 44.2 Å². The second kappa shape index (κ2) is 11.5. The van der Waals surface area contributed by atoms with Crippen molar-refractivity contribution in [2.75, 3.05) is 25.6 Å². The molecule has 0 atom stereocenters. The van der Waals surface area contributed by atoms with Crippen molar-refractivity contribution in [3.8, 4) is 11.5 Å². The lowest BCUT2D eigenvalue weighted by Gasteiger charge is -2.14. The van der Waals surface area contributed by atoms with Crippen molar-refractivity contribution in [3.63, 3.8) is 0 Å². The van der Waals surface area contributed by atoms with E-state index >= 15 is 0 Å². The Balaban J connectivity index is 2.09. The average Bonchev–Trinajstić information content (AvgIpc) is 2.74. The Labute approximate surface area is 182 Å². The van der Waals surface area contributed by atoms with E-state index in [2.05, 4.69) is 21.2 Å². The topological polar surface area (TPSA) is 118 Å². The van der Waals surface area contributed by atoms with Crippen molar-refractivity contribution >= 4 is 41.2 Å². The fourth-order valence-electron chi connectivity index (χ4n) is 2.28. The maximum absolute atomic E-state index is 13.6. The number of carbonyl (C=O) groups is 3. The molecule has 0 bridgehead atoms. The number of hydrogen-bond acceptors (Lipinski definition) is 6. The number of amides is 3. The number of nitrogens with zero attached hydrogens (tertiary/aromatic N) is 1. The summed E-state index contributed by atoms with van der Waals surface area (Å²) in [5.74, 6) is -2.60. The molecule has 0 fully saturated rings. The third-order valence-corrected chi connectivity index (χ3v) is 3.92. The van der Waals surface area contributed by atoms with Crippen LogP contribution >= 0.6 is 11.6 Å². The first-order valence-electron chi connectivity index (χ1n) is 9.04. The van der Waals surface area contributed by atoms with E-state index in [-0.39, 0.29) is 28.8 Å². The van der Waals surface area contributed by atoms with Gasteiger partial charge < -0.3 is 20.1 Å². The smallest absolute Gasteiger partial charge is 0.329 e. The SMILES string of the molecule is CCOc1cc(/C=N\NC(=O)C(=O)NC)cc(Cl)c1OCC(=O)Nc1ccccc1F. The lowest BCUT2D eigenvalue weighted by atomic mass is 10.2. The molecule has 0 saturated carbocycles. The zero-order valence-corrected chi connectivity index (χ0v) is 17.5. The predicted octanol–water partition coefficient (Wildman–Crippen LogP) is 2.09. The summed E-state index contributed by atoms with van der Waals surface area (Å²) in [6, 6.07) is 8.71. The second-order valence-electron chi connectivity index (χ2n) is 5.86. The molecule has 0 aliphatic heterocycles. The van der Waals surface area contributed by atoms with Gasteiger partial charge in [-0.2, -0.15) is 5.10 Å². The summed E-state index contributed by atoms with van der Waals surface area (Å²) in [5.41, 5.74) is 2.52. The molecule has 3 amide bonds. The zero-order chi connectivity index (χ0) is 22.8. The van der Waals surface area contributed by atoms with Crippen LogP contribution in [-0.2, 0) is 14.4 Å². The van der Waals surface area contributed by atoms with E-state index in [9.17, 15) is 18.8 Å². The van der Waals surface area contributed by atoms with Crippen molar-refractivity contribution in [1.82, 2.24) is 10.7 Å². The lowest BCUT2D eigenvalue weighted by Crippen LogP contribution is -2.35. The second-order valence-corrected chi connectivity index (χ2v) is 6.27. The van der Waals surface area contributed by atoms with E-state index in [1.54, 1.807) is 13.0 Å². The van der Waals surface area contributed by atoms with Crippen LogP contribution in [0.2, 0.25) is 5.02 Å². The number of halogens is 2. The van der Waals surface area contributed by atoms with Crippen LogP contribution < -0.4 is 25.5 Å². The van der Waals surface area contributed by atoms with Gasteiger partial charge in [-0.25, -0.2) is 9.82 Å². The Morgan fingerprint density at radius 3 is 2.58 bits per heavy atom. The molecular formula is C20H20ClFN4O5. The summed E-state index contributed by atoms with van der Waals surface area (Å²) in [7, 11) is 1.31. The number of hydrazone groups is 1. The Hall–Kier alpha value is -3.66. The minimum atomic E-state index is -0.935. The van der Waals surface area contributed by atoms with Crippen LogP contribution in [0.15, 0.2) is 41.5 Å². The van der Waals surface area contributed by atoms with Gasteiger partial charge in [0.25, 0.3) is 5.91 Å². The molecule has 0 aliphatic carbocycles. The largest absolute Gasteiger partial charge is 0.490 e. The lowest BCUT2D eigenvalue weighted by molar-refractivity contribution is -0.138. The first-order valence-corrected chi connectivity index (χ1v) is 9.42. The standard InChI is InChI=1S/C20H20ClFN4O5/c1-3-30-16-9-12(10-24-26-20(29)19(28)23-2)8-13(21)18(16)31-11-17(27)25-15-7-5-4-6-14(15)22/h4-10H,3,11H2,1-2H3,(H,23,28)(H,25,27)(H,26,29)/b24-10-. The van der Waals surface area contributed by atoms with Gasteiger partial charge in [0.2, 0.25) is 0 Å². The van der Waals surface area contributed by atoms with Gasteiger partial charge in [0.15, 0.2) is 18.1 Å². The van der Waals surface area contributed by atoms with Crippen LogP contribution in [0.4, 0.5) is 10.1 Å². The summed E-state index contributed by atoms with van der Waals surface area (Å²) < 4.78 is 24.6. The number of nitrogens with one attached hydrogen (secondary N) is 3. The van der Waals surface area contributed by atoms with E-state index < -0.39 is 30.1 Å². The Bertz CT molecular complexity index is 1000. The summed E-state index contributed by atoms with van der Waals surface area (Å²) in [4.78, 5) is 34.6. The van der Waals surface area contributed by atoms with Crippen LogP contribution in [0.1, 0.15) is 12.5 Å². The number of ether oxygens (including phenoxy) is 2. The first kappa shape index (κ1) is 23.6. The highest BCUT2D eigenvalue weighted by Gasteiger charge is 2.15. The molecule has 0 saturated heterocycles. The van der Waals surface area contributed by atoms with Gasteiger partial charge in [-0.3, -0.25) is 14.4 Å². The average molecular weight is 451 g/mol. The van der Waals surface area contributed by atoms with E-state index in [0.29, 0.717) is 5.56 Å². The van der Waals surface area contributed by atoms with Gasteiger partial charge in [0.1, 0.15) is 5.82 Å². The number of rotatable bonds is 8. The molecule has 0 spiro atoms. The molecule has 0 aliphatic rings. The fourth-order valence-corrected chi connectivity index (χ4v) is 2.56. The van der Waals surface area contributed by atoms with Crippen molar-refractivity contribution in [3.05, 3.63) is 52.8 Å². The molecule has 11 heteroatoms. The molecule has 9 nitrogen and oxygen atoms in total. The number of anilines is 1. The predicted molar refractivity (Wildman–Crippen MR) is 113 cm³/mol. The Morgan fingerprint density at radius 1 is 1.16 bits per heavy atom. The Kier molecular flexibility index (Phi) is 8.77. The van der Waals surface area contributed by atoms with Crippen LogP contribution in [0.3, 0.4) is 0 Å². The molecule has 2 rings (SSSR count). The molecular weight excluding hydrogens is 431 g/mol. The highest BCUT2D eigenvalue weighted by Crippen LogP contribution is 2.36. The van der Waals surface area contributed by atoms with Gasteiger partial charge in [-0.1, -0.05) is 23.7 Å². The zero-order valence-electron chi connectivity index (χ0n) is 16.7.